The molecule has 98 valence electrons. The fourth-order valence-electron chi connectivity index (χ4n) is 2.68. The second-order valence-electron chi connectivity index (χ2n) is 5.12. The number of aromatic amines is 1. The molecule has 1 aromatic heterocycles. The SMILES string of the molecule is Nc1ccc(-c2nc(C3CCCC3)cc(=O)[nH]2)cc1. The molecule has 0 radical (unpaired) electrons. The summed E-state index contributed by atoms with van der Waals surface area (Å²) in [7, 11) is 0. The van der Waals surface area contributed by atoms with Crippen LogP contribution in [-0.2, 0) is 0 Å². The molecule has 1 aliphatic carbocycles. The van der Waals surface area contributed by atoms with Crippen LogP contribution >= 0.6 is 0 Å². The molecule has 19 heavy (non-hydrogen) atoms. The van der Waals surface area contributed by atoms with Crippen molar-refractivity contribution in [2.45, 2.75) is 31.6 Å². The lowest BCUT2D eigenvalue weighted by atomic mass is 10.0. The number of H-pyrrole nitrogens is 1. The molecule has 0 atom stereocenters. The summed E-state index contributed by atoms with van der Waals surface area (Å²) in [5.74, 6) is 1.07. The Morgan fingerprint density at radius 3 is 2.53 bits per heavy atom. The van der Waals surface area contributed by atoms with E-state index in [1.54, 1.807) is 6.07 Å². The molecule has 4 heteroatoms. The highest BCUT2D eigenvalue weighted by Gasteiger charge is 2.19. The first-order valence-corrected chi connectivity index (χ1v) is 6.69. The normalized spacial score (nSPS) is 15.8. The molecular formula is C15H17N3O. The van der Waals surface area contributed by atoms with Gasteiger partial charge in [-0.3, -0.25) is 4.79 Å². The smallest absolute Gasteiger partial charge is 0.251 e. The average molecular weight is 255 g/mol. The van der Waals surface area contributed by atoms with Crippen molar-refractivity contribution in [1.29, 1.82) is 0 Å². The van der Waals surface area contributed by atoms with E-state index in [0.29, 0.717) is 17.4 Å². The molecule has 1 fully saturated rings. The molecule has 3 rings (SSSR count). The van der Waals surface area contributed by atoms with Gasteiger partial charge in [0.25, 0.3) is 5.56 Å². The van der Waals surface area contributed by atoms with Crippen molar-refractivity contribution in [2.75, 3.05) is 5.73 Å². The van der Waals surface area contributed by atoms with Gasteiger partial charge in [-0.2, -0.15) is 0 Å². The van der Waals surface area contributed by atoms with Crippen LogP contribution in [0.4, 0.5) is 5.69 Å². The van der Waals surface area contributed by atoms with Gasteiger partial charge in [0.1, 0.15) is 5.82 Å². The van der Waals surface area contributed by atoms with Crippen LogP contribution in [0, 0.1) is 0 Å². The molecule has 0 saturated heterocycles. The Bertz CT molecular complexity index is 625. The standard InChI is InChI=1S/C15H17N3O/c16-12-7-5-11(6-8-12)15-17-13(9-14(19)18-15)10-3-1-2-4-10/h5-10H,1-4,16H2,(H,17,18,19). The number of rotatable bonds is 2. The summed E-state index contributed by atoms with van der Waals surface area (Å²) >= 11 is 0. The Labute approximate surface area is 111 Å². The van der Waals surface area contributed by atoms with Gasteiger partial charge < -0.3 is 10.7 Å². The average Bonchev–Trinajstić information content (AvgIpc) is 2.93. The zero-order chi connectivity index (χ0) is 13.2. The second-order valence-corrected chi connectivity index (χ2v) is 5.12. The van der Waals surface area contributed by atoms with Crippen LogP contribution in [0.5, 0.6) is 0 Å². The topological polar surface area (TPSA) is 71.8 Å². The summed E-state index contributed by atoms with van der Waals surface area (Å²) in [4.78, 5) is 19.2. The number of anilines is 1. The summed E-state index contributed by atoms with van der Waals surface area (Å²) < 4.78 is 0. The predicted octanol–water partition coefficient (Wildman–Crippen LogP) is 2.68. The van der Waals surface area contributed by atoms with Gasteiger partial charge in [-0.25, -0.2) is 4.98 Å². The van der Waals surface area contributed by atoms with Crippen LogP contribution in [0.1, 0.15) is 37.3 Å². The summed E-state index contributed by atoms with van der Waals surface area (Å²) in [6.45, 7) is 0. The van der Waals surface area contributed by atoms with E-state index in [1.807, 2.05) is 24.3 Å². The van der Waals surface area contributed by atoms with E-state index in [0.717, 1.165) is 24.1 Å². The third-order valence-electron chi connectivity index (χ3n) is 3.72. The molecule has 0 aliphatic heterocycles. The first-order chi connectivity index (χ1) is 9.22. The van der Waals surface area contributed by atoms with Gasteiger partial charge in [0.05, 0.1) is 5.69 Å². The lowest BCUT2D eigenvalue weighted by Crippen LogP contribution is -2.12. The van der Waals surface area contributed by atoms with E-state index in [9.17, 15) is 4.79 Å². The summed E-state index contributed by atoms with van der Waals surface area (Å²) in [6, 6.07) is 9.03. The summed E-state index contributed by atoms with van der Waals surface area (Å²) in [5.41, 5.74) is 8.12. The van der Waals surface area contributed by atoms with Gasteiger partial charge in [-0.15, -0.1) is 0 Å². The number of nitrogens with zero attached hydrogens (tertiary/aromatic N) is 1. The van der Waals surface area contributed by atoms with E-state index in [2.05, 4.69) is 9.97 Å². The number of aromatic nitrogens is 2. The van der Waals surface area contributed by atoms with Crippen molar-refractivity contribution in [3.63, 3.8) is 0 Å². The summed E-state index contributed by atoms with van der Waals surface area (Å²) in [6.07, 6.45) is 4.74. The number of nitrogens with one attached hydrogen (secondary N) is 1. The Kier molecular flexibility index (Phi) is 3.07. The Morgan fingerprint density at radius 1 is 1.16 bits per heavy atom. The zero-order valence-corrected chi connectivity index (χ0v) is 10.7. The largest absolute Gasteiger partial charge is 0.399 e. The minimum absolute atomic E-state index is 0.0799. The monoisotopic (exact) mass is 255 g/mol. The van der Waals surface area contributed by atoms with Gasteiger partial charge in [0, 0.05) is 23.2 Å². The zero-order valence-electron chi connectivity index (χ0n) is 10.7. The third-order valence-corrected chi connectivity index (χ3v) is 3.72. The van der Waals surface area contributed by atoms with Crippen LogP contribution in [0.2, 0.25) is 0 Å². The number of nitrogen functional groups attached to an aromatic ring is 1. The van der Waals surface area contributed by atoms with Crippen molar-refractivity contribution < 1.29 is 0 Å². The van der Waals surface area contributed by atoms with Crippen molar-refractivity contribution in [3.8, 4) is 11.4 Å². The van der Waals surface area contributed by atoms with E-state index in [4.69, 9.17) is 5.73 Å². The molecule has 1 aromatic carbocycles. The highest BCUT2D eigenvalue weighted by Crippen LogP contribution is 2.32. The molecule has 0 spiro atoms. The number of hydrogen-bond donors (Lipinski definition) is 2. The van der Waals surface area contributed by atoms with Crippen LogP contribution in [-0.4, -0.2) is 9.97 Å². The molecule has 3 N–H and O–H groups in total. The fourth-order valence-corrected chi connectivity index (χ4v) is 2.68. The minimum atomic E-state index is -0.0799. The predicted molar refractivity (Wildman–Crippen MR) is 75.9 cm³/mol. The van der Waals surface area contributed by atoms with Gasteiger partial charge >= 0.3 is 0 Å². The first-order valence-electron chi connectivity index (χ1n) is 6.69. The lowest BCUT2D eigenvalue weighted by Gasteiger charge is -2.09. The third kappa shape index (κ3) is 2.52. The molecule has 1 heterocycles. The van der Waals surface area contributed by atoms with Crippen molar-refractivity contribution >= 4 is 5.69 Å². The van der Waals surface area contributed by atoms with Crippen LogP contribution < -0.4 is 11.3 Å². The Hall–Kier alpha value is -2.10. The van der Waals surface area contributed by atoms with Crippen molar-refractivity contribution in [3.05, 3.63) is 46.4 Å². The molecule has 0 bridgehead atoms. The summed E-state index contributed by atoms with van der Waals surface area (Å²) in [5, 5.41) is 0. The van der Waals surface area contributed by atoms with Gasteiger partial charge in [0.15, 0.2) is 0 Å². The quantitative estimate of drug-likeness (QED) is 0.810. The van der Waals surface area contributed by atoms with Crippen LogP contribution in [0.25, 0.3) is 11.4 Å². The Balaban J connectivity index is 2.01. The number of nitrogens with two attached hydrogens (primary N) is 1. The molecule has 0 unspecified atom stereocenters. The molecule has 2 aromatic rings. The second kappa shape index (κ2) is 4.88. The molecular weight excluding hydrogens is 238 g/mol. The minimum Gasteiger partial charge on any atom is -0.399 e. The van der Waals surface area contributed by atoms with E-state index in [1.165, 1.54) is 12.8 Å². The number of hydrogen-bond acceptors (Lipinski definition) is 3. The lowest BCUT2D eigenvalue weighted by molar-refractivity contribution is 0.693. The molecule has 0 amide bonds. The molecule has 1 aliphatic rings. The van der Waals surface area contributed by atoms with Gasteiger partial charge in [-0.05, 0) is 37.1 Å². The maximum absolute atomic E-state index is 11.8. The first kappa shape index (κ1) is 12.0. The van der Waals surface area contributed by atoms with E-state index >= 15 is 0 Å². The maximum atomic E-state index is 11.8. The van der Waals surface area contributed by atoms with Crippen molar-refractivity contribution in [1.82, 2.24) is 9.97 Å². The highest BCUT2D eigenvalue weighted by atomic mass is 16.1. The van der Waals surface area contributed by atoms with E-state index in [-0.39, 0.29) is 5.56 Å². The van der Waals surface area contributed by atoms with E-state index < -0.39 is 0 Å². The van der Waals surface area contributed by atoms with Gasteiger partial charge in [0.2, 0.25) is 0 Å². The van der Waals surface area contributed by atoms with Crippen molar-refractivity contribution in [2.24, 2.45) is 0 Å². The molecule has 4 nitrogen and oxygen atoms in total. The fraction of sp³-hybridized carbons (Fsp3) is 0.333. The van der Waals surface area contributed by atoms with Crippen LogP contribution in [0.3, 0.4) is 0 Å². The highest BCUT2D eigenvalue weighted by molar-refractivity contribution is 5.58. The molecule has 1 saturated carbocycles. The van der Waals surface area contributed by atoms with Gasteiger partial charge in [-0.1, -0.05) is 12.8 Å². The maximum Gasteiger partial charge on any atom is 0.251 e. The Morgan fingerprint density at radius 2 is 1.84 bits per heavy atom. The van der Waals surface area contributed by atoms with Crippen LogP contribution in [0.15, 0.2) is 35.1 Å². The number of benzene rings is 1.